The van der Waals surface area contributed by atoms with E-state index in [9.17, 15) is 19.5 Å². The molecule has 1 atom stereocenters. The summed E-state index contributed by atoms with van der Waals surface area (Å²) in [7, 11) is 0. The molecule has 0 aromatic rings. The Kier molecular flexibility index (Phi) is 10.6. The lowest BCUT2D eigenvalue weighted by Crippen LogP contribution is -2.60. The average molecular weight is 330 g/mol. The van der Waals surface area contributed by atoms with Crippen molar-refractivity contribution < 1.29 is 34.2 Å². The van der Waals surface area contributed by atoms with Crippen LogP contribution < -0.4 is 10.4 Å². The van der Waals surface area contributed by atoms with Crippen LogP contribution in [0.25, 0.3) is 0 Å². The lowest BCUT2D eigenvalue weighted by Gasteiger charge is -2.37. The zero-order valence-electron chi connectivity index (χ0n) is 13.5. The van der Waals surface area contributed by atoms with E-state index in [-0.39, 0.29) is 36.6 Å². The van der Waals surface area contributed by atoms with Crippen LogP contribution in [0.1, 0.15) is 26.2 Å². The Balaban J connectivity index is 4.49. The molecule has 23 heavy (non-hydrogen) atoms. The third kappa shape index (κ3) is 10.4. The summed E-state index contributed by atoms with van der Waals surface area (Å²) in [4.78, 5) is 33.5. The first-order chi connectivity index (χ1) is 10.8. The van der Waals surface area contributed by atoms with Crippen molar-refractivity contribution in [3.63, 3.8) is 0 Å². The number of carboxylic acid groups (broad SMARTS) is 2. The van der Waals surface area contributed by atoms with Crippen molar-refractivity contribution >= 4 is 17.8 Å². The number of amides is 1. The van der Waals surface area contributed by atoms with Crippen molar-refractivity contribution in [3.05, 3.63) is 12.2 Å². The number of carbonyl (C=O) groups is 3. The monoisotopic (exact) mass is 330 g/mol. The molecule has 0 aliphatic heterocycles. The third-order valence-electron chi connectivity index (χ3n) is 3.43. The van der Waals surface area contributed by atoms with Crippen LogP contribution in [-0.2, 0) is 14.4 Å². The van der Waals surface area contributed by atoms with Gasteiger partial charge in [0, 0.05) is 6.42 Å². The van der Waals surface area contributed by atoms with Crippen molar-refractivity contribution in [1.29, 1.82) is 0 Å². The van der Waals surface area contributed by atoms with E-state index in [1.165, 1.54) is 0 Å². The maximum Gasteiger partial charge on any atom is 0.359 e. The summed E-state index contributed by atoms with van der Waals surface area (Å²) in [5.41, 5.74) is 0. The Bertz CT molecular complexity index is 406. The van der Waals surface area contributed by atoms with E-state index < -0.39 is 25.0 Å². The minimum Gasteiger partial charge on any atom is -0.544 e. The Morgan fingerprint density at radius 3 is 2.43 bits per heavy atom. The number of nitrogens with zero attached hydrogens (tertiary/aromatic N) is 1. The van der Waals surface area contributed by atoms with Crippen LogP contribution in [0.3, 0.4) is 0 Å². The summed E-state index contributed by atoms with van der Waals surface area (Å²) < 4.78 is -0.368. The Morgan fingerprint density at radius 2 is 1.91 bits per heavy atom. The number of nitrogens with one attached hydrogen (secondary N) is 1. The van der Waals surface area contributed by atoms with Gasteiger partial charge < -0.3 is 29.9 Å². The van der Waals surface area contributed by atoms with E-state index >= 15 is 0 Å². The first kappa shape index (κ1) is 21.1. The SMILES string of the molecule is C/C=C/CCCC(=O)NCC[N+](CCO)(CC(=O)[O-])CC(=O)O. The van der Waals surface area contributed by atoms with E-state index in [0.717, 1.165) is 6.42 Å². The standard InChI is InChI=1S/C15H26N2O6/c1-2-3-4-5-6-13(19)16-7-8-17(9-10-18,11-14(20)21)12-15(22)23/h2-3,18H,4-12H2,1H3,(H2-,16,19,20,21,22,23)/b3-2+. The highest BCUT2D eigenvalue weighted by molar-refractivity contribution is 5.75. The van der Waals surface area contributed by atoms with Crippen LogP contribution in [0.4, 0.5) is 0 Å². The summed E-state index contributed by atoms with van der Waals surface area (Å²) in [6.07, 6.45) is 5.73. The number of unbranched alkanes of at least 4 members (excludes halogenated alkanes) is 1. The molecule has 0 fully saturated rings. The van der Waals surface area contributed by atoms with E-state index in [0.29, 0.717) is 12.8 Å². The van der Waals surface area contributed by atoms with E-state index in [1.807, 2.05) is 19.1 Å². The van der Waals surface area contributed by atoms with Gasteiger partial charge in [-0.2, -0.15) is 0 Å². The Morgan fingerprint density at radius 1 is 1.22 bits per heavy atom. The van der Waals surface area contributed by atoms with Crippen molar-refractivity contribution in [2.45, 2.75) is 26.2 Å². The van der Waals surface area contributed by atoms with Crippen LogP contribution in [0, 0.1) is 0 Å². The van der Waals surface area contributed by atoms with Gasteiger partial charge in [0.2, 0.25) is 5.91 Å². The summed E-state index contributed by atoms with van der Waals surface area (Å²) >= 11 is 0. The molecule has 0 aromatic heterocycles. The van der Waals surface area contributed by atoms with Crippen LogP contribution in [0.2, 0.25) is 0 Å². The molecule has 132 valence electrons. The number of carbonyl (C=O) groups excluding carboxylic acids is 2. The topological polar surface area (TPSA) is 127 Å². The maximum absolute atomic E-state index is 11.7. The van der Waals surface area contributed by atoms with Crippen molar-refractivity contribution in [2.75, 3.05) is 39.3 Å². The molecule has 0 aliphatic carbocycles. The molecule has 1 amide bonds. The molecule has 0 bridgehead atoms. The Labute approximate surface area is 136 Å². The van der Waals surface area contributed by atoms with Gasteiger partial charge in [-0.3, -0.25) is 4.79 Å². The lowest BCUT2D eigenvalue weighted by atomic mass is 10.2. The second-order valence-corrected chi connectivity index (χ2v) is 5.41. The smallest absolute Gasteiger partial charge is 0.359 e. The van der Waals surface area contributed by atoms with Gasteiger partial charge in [-0.25, -0.2) is 4.79 Å². The summed E-state index contributed by atoms with van der Waals surface area (Å²) in [5.74, 6) is -2.73. The number of rotatable bonds is 13. The molecule has 0 spiro atoms. The minimum absolute atomic E-state index is 0.0303. The number of hydrogen-bond donors (Lipinski definition) is 3. The Hall–Kier alpha value is -1.93. The fraction of sp³-hybridized carbons (Fsp3) is 0.667. The largest absolute Gasteiger partial charge is 0.544 e. The van der Waals surface area contributed by atoms with Gasteiger partial charge in [0.15, 0.2) is 6.54 Å². The molecule has 0 aliphatic rings. The first-order valence-corrected chi connectivity index (χ1v) is 7.60. The normalized spacial score (nSPS) is 13.7. The van der Waals surface area contributed by atoms with Gasteiger partial charge in [0.05, 0.1) is 25.7 Å². The predicted molar refractivity (Wildman–Crippen MR) is 81.1 cm³/mol. The quantitative estimate of drug-likeness (QED) is 0.214. The molecule has 8 nitrogen and oxygen atoms in total. The van der Waals surface area contributed by atoms with Crippen LogP contribution >= 0.6 is 0 Å². The predicted octanol–water partition coefficient (Wildman–Crippen LogP) is -1.51. The molecule has 0 radical (unpaired) electrons. The zero-order chi connectivity index (χ0) is 17.7. The molecular weight excluding hydrogens is 304 g/mol. The summed E-state index contributed by atoms with van der Waals surface area (Å²) in [5, 5.41) is 31.6. The number of hydrogen-bond acceptors (Lipinski definition) is 5. The van der Waals surface area contributed by atoms with Crippen molar-refractivity contribution in [3.8, 4) is 0 Å². The summed E-state index contributed by atoms with van der Waals surface area (Å²) in [6, 6.07) is 0. The van der Waals surface area contributed by atoms with Gasteiger partial charge in [0.1, 0.15) is 13.1 Å². The molecule has 3 N–H and O–H groups in total. The molecule has 0 heterocycles. The van der Waals surface area contributed by atoms with E-state index in [1.54, 1.807) is 0 Å². The molecule has 0 saturated heterocycles. The van der Waals surface area contributed by atoms with Crippen LogP contribution in [-0.4, -0.2) is 71.9 Å². The molecule has 0 rings (SSSR count). The minimum atomic E-state index is -1.39. The van der Waals surface area contributed by atoms with Crippen molar-refractivity contribution in [2.24, 2.45) is 0 Å². The fourth-order valence-electron chi connectivity index (χ4n) is 2.32. The van der Waals surface area contributed by atoms with Crippen LogP contribution in [0.5, 0.6) is 0 Å². The molecule has 8 heteroatoms. The first-order valence-electron chi connectivity index (χ1n) is 7.60. The number of carboxylic acids is 2. The van der Waals surface area contributed by atoms with Gasteiger partial charge >= 0.3 is 5.97 Å². The number of quaternary nitrogens is 1. The third-order valence-corrected chi connectivity index (χ3v) is 3.43. The molecular formula is C15H26N2O6. The number of aliphatic hydroxyl groups excluding tert-OH is 1. The van der Waals surface area contributed by atoms with Gasteiger partial charge in [0.25, 0.3) is 0 Å². The molecule has 0 saturated carbocycles. The van der Waals surface area contributed by atoms with E-state index in [2.05, 4.69) is 5.32 Å². The lowest BCUT2D eigenvalue weighted by molar-refractivity contribution is -0.915. The van der Waals surface area contributed by atoms with E-state index in [4.69, 9.17) is 10.2 Å². The number of aliphatic hydroxyl groups is 1. The van der Waals surface area contributed by atoms with Gasteiger partial charge in [-0.15, -0.1) is 0 Å². The molecule has 0 aromatic carbocycles. The van der Waals surface area contributed by atoms with Crippen LogP contribution in [0.15, 0.2) is 12.2 Å². The second-order valence-electron chi connectivity index (χ2n) is 5.41. The highest BCUT2D eigenvalue weighted by Gasteiger charge is 2.30. The molecule has 1 unspecified atom stereocenters. The second kappa shape index (κ2) is 11.6. The summed E-state index contributed by atoms with van der Waals surface area (Å²) in [6.45, 7) is 0.786. The fourth-order valence-corrected chi connectivity index (χ4v) is 2.32. The maximum atomic E-state index is 11.7. The number of aliphatic carboxylic acids is 2. The van der Waals surface area contributed by atoms with Gasteiger partial charge in [-0.1, -0.05) is 12.2 Å². The number of allylic oxidation sites excluding steroid dienone is 2. The average Bonchev–Trinajstić information content (AvgIpc) is 2.42. The highest BCUT2D eigenvalue weighted by atomic mass is 16.4. The van der Waals surface area contributed by atoms with Gasteiger partial charge in [-0.05, 0) is 19.8 Å². The highest BCUT2D eigenvalue weighted by Crippen LogP contribution is 2.06. The van der Waals surface area contributed by atoms with Crippen molar-refractivity contribution in [1.82, 2.24) is 5.32 Å². The zero-order valence-corrected chi connectivity index (χ0v) is 13.5.